The second-order valence-corrected chi connectivity index (χ2v) is 9.35. The van der Waals surface area contributed by atoms with E-state index in [2.05, 4.69) is 10.6 Å². The van der Waals surface area contributed by atoms with Crippen LogP contribution in [0.4, 0.5) is 4.79 Å². The standard InChI is InChI=1S/C27H21ClN2O2S/c28-22-12-10-20(11-13-22)17-29-18-21(23-8-4-5-9-24(23)29)16-25-26(31)30(27(32)33-25)15-14-19-6-2-1-3-7-19/h1-13,16,18H,14-15,17H2/b25-16-. The van der Waals surface area contributed by atoms with Crippen LogP contribution in [0.5, 0.6) is 0 Å². The molecule has 1 saturated heterocycles. The molecule has 0 radical (unpaired) electrons. The van der Waals surface area contributed by atoms with E-state index in [1.165, 1.54) is 4.90 Å². The number of benzene rings is 3. The number of rotatable bonds is 6. The quantitative estimate of drug-likeness (QED) is 0.296. The van der Waals surface area contributed by atoms with Crippen LogP contribution in [0.2, 0.25) is 5.02 Å². The molecule has 0 bridgehead atoms. The molecule has 5 rings (SSSR count). The van der Waals surface area contributed by atoms with Gasteiger partial charge >= 0.3 is 0 Å². The van der Waals surface area contributed by atoms with Crippen molar-refractivity contribution in [2.45, 2.75) is 13.0 Å². The molecule has 1 aliphatic rings. The minimum atomic E-state index is -0.226. The fourth-order valence-corrected chi connectivity index (χ4v) is 5.01. The molecule has 4 nitrogen and oxygen atoms in total. The molecule has 1 aliphatic heterocycles. The number of fused-ring (bicyclic) bond motifs is 1. The summed E-state index contributed by atoms with van der Waals surface area (Å²) in [5.41, 5.74) is 4.23. The van der Waals surface area contributed by atoms with E-state index in [1.807, 2.05) is 85.1 Å². The number of hydrogen-bond acceptors (Lipinski definition) is 3. The number of carbonyl (C=O) groups excluding carboxylic acids is 2. The van der Waals surface area contributed by atoms with Crippen LogP contribution in [-0.2, 0) is 17.8 Å². The zero-order chi connectivity index (χ0) is 22.8. The first-order valence-corrected chi connectivity index (χ1v) is 11.9. The van der Waals surface area contributed by atoms with Crippen molar-refractivity contribution in [2.24, 2.45) is 0 Å². The molecule has 0 aliphatic carbocycles. The van der Waals surface area contributed by atoms with Gasteiger partial charge in [-0.25, -0.2) is 0 Å². The Balaban J connectivity index is 1.41. The summed E-state index contributed by atoms with van der Waals surface area (Å²) in [7, 11) is 0. The molecule has 4 aromatic rings. The summed E-state index contributed by atoms with van der Waals surface area (Å²) in [6.45, 7) is 1.06. The minimum absolute atomic E-state index is 0.216. The number of imide groups is 1. The maximum Gasteiger partial charge on any atom is 0.293 e. The third-order valence-electron chi connectivity index (χ3n) is 5.71. The van der Waals surface area contributed by atoms with Crippen LogP contribution in [-0.4, -0.2) is 27.2 Å². The summed E-state index contributed by atoms with van der Waals surface area (Å²) in [6, 6.07) is 25.8. The predicted octanol–water partition coefficient (Wildman–Crippen LogP) is 6.62. The van der Waals surface area contributed by atoms with E-state index in [0.29, 0.717) is 29.4 Å². The highest BCUT2D eigenvalue weighted by atomic mass is 35.5. The summed E-state index contributed by atoms with van der Waals surface area (Å²) in [6.07, 6.45) is 4.53. The topological polar surface area (TPSA) is 42.3 Å². The highest BCUT2D eigenvalue weighted by Crippen LogP contribution is 2.34. The van der Waals surface area contributed by atoms with Crippen molar-refractivity contribution in [3.8, 4) is 0 Å². The molecule has 0 saturated carbocycles. The highest BCUT2D eigenvalue weighted by Gasteiger charge is 2.34. The van der Waals surface area contributed by atoms with E-state index in [0.717, 1.165) is 39.4 Å². The number of para-hydroxylation sites is 1. The maximum atomic E-state index is 13.0. The fourth-order valence-electron chi connectivity index (χ4n) is 4.03. The third kappa shape index (κ3) is 4.61. The van der Waals surface area contributed by atoms with Crippen molar-refractivity contribution >= 4 is 51.5 Å². The van der Waals surface area contributed by atoms with Crippen molar-refractivity contribution in [3.63, 3.8) is 0 Å². The molecule has 2 heterocycles. The summed E-state index contributed by atoms with van der Waals surface area (Å²) >= 11 is 7.03. The van der Waals surface area contributed by atoms with Gasteiger partial charge < -0.3 is 4.57 Å². The molecule has 33 heavy (non-hydrogen) atoms. The van der Waals surface area contributed by atoms with E-state index in [4.69, 9.17) is 11.6 Å². The molecule has 2 amide bonds. The molecule has 0 atom stereocenters. The van der Waals surface area contributed by atoms with Gasteiger partial charge in [-0.1, -0.05) is 72.3 Å². The Labute approximate surface area is 201 Å². The summed E-state index contributed by atoms with van der Waals surface area (Å²) in [4.78, 5) is 27.4. The smallest absolute Gasteiger partial charge is 0.293 e. The molecular formula is C27H21ClN2O2S. The number of carbonyl (C=O) groups is 2. The Hall–Kier alpha value is -3.28. The first-order chi connectivity index (χ1) is 16.1. The van der Waals surface area contributed by atoms with Gasteiger partial charge in [-0.15, -0.1) is 0 Å². The SMILES string of the molecule is O=C1S/C(=C\c2cn(Cc3ccc(Cl)cc3)c3ccccc23)C(=O)N1CCc1ccccc1. The maximum absolute atomic E-state index is 13.0. The Morgan fingerprint density at radius 1 is 0.848 bits per heavy atom. The van der Waals surface area contributed by atoms with E-state index in [9.17, 15) is 9.59 Å². The molecule has 3 aromatic carbocycles. The van der Waals surface area contributed by atoms with Crippen LogP contribution in [0, 0.1) is 0 Å². The van der Waals surface area contributed by atoms with Crippen molar-refractivity contribution < 1.29 is 9.59 Å². The number of thioether (sulfide) groups is 1. The first kappa shape index (κ1) is 21.6. The monoisotopic (exact) mass is 472 g/mol. The first-order valence-electron chi connectivity index (χ1n) is 10.7. The molecule has 1 aromatic heterocycles. The minimum Gasteiger partial charge on any atom is -0.342 e. The Morgan fingerprint density at radius 2 is 1.58 bits per heavy atom. The number of halogens is 1. The predicted molar refractivity (Wildman–Crippen MR) is 135 cm³/mol. The van der Waals surface area contributed by atoms with Crippen LogP contribution >= 0.6 is 23.4 Å². The van der Waals surface area contributed by atoms with Crippen LogP contribution in [0.25, 0.3) is 17.0 Å². The fraction of sp³-hybridized carbons (Fsp3) is 0.111. The lowest BCUT2D eigenvalue weighted by Crippen LogP contribution is -2.30. The van der Waals surface area contributed by atoms with E-state index < -0.39 is 0 Å². The number of nitrogens with zero attached hydrogens (tertiary/aromatic N) is 2. The highest BCUT2D eigenvalue weighted by molar-refractivity contribution is 8.18. The van der Waals surface area contributed by atoms with Crippen LogP contribution in [0.15, 0.2) is 90.0 Å². The molecule has 0 unspecified atom stereocenters. The van der Waals surface area contributed by atoms with Gasteiger partial charge in [0, 0.05) is 40.8 Å². The summed E-state index contributed by atoms with van der Waals surface area (Å²) in [5.74, 6) is -0.226. The lowest BCUT2D eigenvalue weighted by atomic mass is 10.1. The molecule has 164 valence electrons. The van der Waals surface area contributed by atoms with Crippen molar-refractivity contribution in [2.75, 3.05) is 6.54 Å². The number of aromatic nitrogens is 1. The van der Waals surface area contributed by atoms with E-state index in [1.54, 1.807) is 0 Å². The van der Waals surface area contributed by atoms with Gasteiger partial charge in [0.1, 0.15) is 0 Å². The van der Waals surface area contributed by atoms with Crippen LogP contribution in [0.1, 0.15) is 16.7 Å². The largest absolute Gasteiger partial charge is 0.342 e. The van der Waals surface area contributed by atoms with Crippen molar-refractivity contribution in [1.29, 1.82) is 0 Å². The van der Waals surface area contributed by atoms with E-state index >= 15 is 0 Å². The average Bonchev–Trinajstić information content (AvgIpc) is 3.31. The average molecular weight is 473 g/mol. The van der Waals surface area contributed by atoms with Gasteiger partial charge in [-0.05, 0) is 53.6 Å². The molecule has 0 N–H and O–H groups in total. The lowest BCUT2D eigenvalue weighted by molar-refractivity contribution is -0.122. The van der Waals surface area contributed by atoms with E-state index in [-0.39, 0.29) is 11.1 Å². The number of amides is 2. The summed E-state index contributed by atoms with van der Waals surface area (Å²) in [5, 5.41) is 1.54. The second kappa shape index (κ2) is 9.30. The van der Waals surface area contributed by atoms with Crippen molar-refractivity contribution in [1.82, 2.24) is 9.47 Å². The molecule has 1 fully saturated rings. The van der Waals surface area contributed by atoms with Gasteiger partial charge in [-0.2, -0.15) is 0 Å². The van der Waals surface area contributed by atoms with Crippen molar-refractivity contribution in [3.05, 3.63) is 112 Å². The Kier molecular flexibility index (Phi) is 6.07. The lowest BCUT2D eigenvalue weighted by Gasteiger charge is -2.12. The van der Waals surface area contributed by atoms with Gasteiger partial charge in [0.05, 0.1) is 4.91 Å². The normalized spacial score (nSPS) is 15.2. The summed E-state index contributed by atoms with van der Waals surface area (Å²) < 4.78 is 2.16. The van der Waals surface area contributed by atoms with Gasteiger partial charge in [0.25, 0.3) is 11.1 Å². The molecule has 0 spiro atoms. The van der Waals surface area contributed by atoms with Crippen LogP contribution < -0.4 is 0 Å². The van der Waals surface area contributed by atoms with Gasteiger partial charge in [0.2, 0.25) is 0 Å². The Bertz CT molecular complexity index is 1360. The number of hydrogen-bond donors (Lipinski definition) is 0. The van der Waals surface area contributed by atoms with Gasteiger partial charge in [0.15, 0.2) is 0 Å². The zero-order valence-electron chi connectivity index (χ0n) is 17.8. The third-order valence-corrected chi connectivity index (χ3v) is 6.87. The Morgan fingerprint density at radius 3 is 2.36 bits per heavy atom. The van der Waals surface area contributed by atoms with Gasteiger partial charge in [-0.3, -0.25) is 14.5 Å². The van der Waals surface area contributed by atoms with Crippen LogP contribution in [0.3, 0.4) is 0 Å². The molecular weight excluding hydrogens is 452 g/mol. The molecule has 6 heteroatoms. The second-order valence-electron chi connectivity index (χ2n) is 7.92. The zero-order valence-corrected chi connectivity index (χ0v) is 19.4.